The Morgan fingerprint density at radius 1 is 1.13 bits per heavy atom. The number of benzene rings is 1. The Bertz CT molecular complexity index is 1010. The van der Waals surface area contributed by atoms with Crippen molar-refractivity contribution in [3.05, 3.63) is 42.5 Å². The number of hydrogen-bond donors (Lipinski definition) is 5. The highest BCUT2D eigenvalue weighted by Gasteiger charge is 2.44. The van der Waals surface area contributed by atoms with E-state index in [4.69, 9.17) is 4.74 Å². The first kappa shape index (κ1) is 19.3. The SMILES string of the molecule is OC[C@H]1O[C@H](c2nc3ncnc(N(c4ccccc4)[C@H]4CCNC4)c3[nH]2)[C@@H](O)[C@H]1O. The highest BCUT2D eigenvalue weighted by molar-refractivity contribution is 5.86. The Balaban J connectivity index is 1.58. The molecule has 10 nitrogen and oxygen atoms in total. The molecule has 1 aromatic carbocycles. The normalized spacial score (nSPS) is 29.0. The van der Waals surface area contributed by atoms with E-state index in [1.165, 1.54) is 6.33 Å². The first-order valence-corrected chi connectivity index (χ1v) is 10.1. The molecule has 0 saturated carbocycles. The summed E-state index contributed by atoms with van der Waals surface area (Å²) >= 11 is 0. The molecule has 0 unspecified atom stereocenters. The molecule has 0 aliphatic carbocycles. The molecule has 2 fully saturated rings. The first-order valence-electron chi connectivity index (χ1n) is 10.1. The largest absolute Gasteiger partial charge is 0.394 e. The summed E-state index contributed by atoms with van der Waals surface area (Å²) in [5, 5.41) is 33.2. The number of ether oxygens (including phenoxy) is 1. The van der Waals surface area contributed by atoms with Gasteiger partial charge in [0.25, 0.3) is 0 Å². The molecule has 0 radical (unpaired) electrons. The number of para-hydroxylation sites is 1. The lowest BCUT2D eigenvalue weighted by Gasteiger charge is -2.29. The maximum absolute atomic E-state index is 10.4. The van der Waals surface area contributed by atoms with Gasteiger partial charge in [0.05, 0.1) is 6.61 Å². The summed E-state index contributed by atoms with van der Waals surface area (Å²) in [7, 11) is 0. The summed E-state index contributed by atoms with van der Waals surface area (Å²) in [5.74, 6) is 1.03. The van der Waals surface area contributed by atoms with E-state index in [1.807, 2.05) is 30.3 Å². The lowest BCUT2D eigenvalue weighted by Crippen LogP contribution is -2.33. The molecule has 158 valence electrons. The van der Waals surface area contributed by atoms with Gasteiger partial charge in [0, 0.05) is 18.3 Å². The Hall–Kier alpha value is -2.63. The molecule has 10 heteroatoms. The smallest absolute Gasteiger partial charge is 0.183 e. The molecule has 5 N–H and O–H groups in total. The molecule has 0 bridgehead atoms. The predicted molar refractivity (Wildman–Crippen MR) is 108 cm³/mol. The van der Waals surface area contributed by atoms with Crippen molar-refractivity contribution < 1.29 is 20.1 Å². The van der Waals surface area contributed by atoms with Gasteiger partial charge in [0.2, 0.25) is 0 Å². The quantitative estimate of drug-likeness (QED) is 0.392. The Labute approximate surface area is 172 Å². The fraction of sp³-hybridized carbons (Fsp3) is 0.450. The Morgan fingerprint density at radius 2 is 1.97 bits per heavy atom. The number of imidazole rings is 1. The second-order valence-corrected chi connectivity index (χ2v) is 7.63. The fourth-order valence-corrected chi connectivity index (χ4v) is 4.23. The molecule has 5 atom stereocenters. The molecule has 3 aromatic rings. The van der Waals surface area contributed by atoms with Crippen LogP contribution in [0.2, 0.25) is 0 Å². The van der Waals surface area contributed by atoms with Crippen molar-refractivity contribution >= 4 is 22.7 Å². The van der Waals surface area contributed by atoms with Crippen molar-refractivity contribution in [3.63, 3.8) is 0 Å². The van der Waals surface area contributed by atoms with Gasteiger partial charge >= 0.3 is 0 Å². The number of aliphatic hydroxyl groups excluding tert-OH is 3. The van der Waals surface area contributed by atoms with E-state index < -0.39 is 31.0 Å². The second-order valence-electron chi connectivity index (χ2n) is 7.63. The summed E-state index contributed by atoms with van der Waals surface area (Å²) < 4.78 is 5.62. The molecule has 0 amide bonds. The average Bonchev–Trinajstić information content (AvgIpc) is 3.50. The van der Waals surface area contributed by atoms with E-state index in [1.54, 1.807) is 0 Å². The molecule has 4 heterocycles. The summed E-state index contributed by atoms with van der Waals surface area (Å²) in [6.07, 6.45) is -1.71. The van der Waals surface area contributed by atoms with Crippen LogP contribution in [0, 0.1) is 0 Å². The van der Waals surface area contributed by atoms with Crippen molar-refractivity contribution in [3.8, 4) is 0 Å². The number of H-pyrrole nitrogens is 1. The van der Waals surface area contributed by atoms with E-state index in [2.05, 4.69) is 30.2 Å². The van der Waals surface area contributed by atoms with Gasteiger partial charge in [-0.3, -0.25) is 0 Å². The zero-order valence-electron chi connectivity index (χ0n) is 16.2. The van der Waals surface area contributed by atoms with Crippen LogP contribution in [0.4, 0.5) is 11.5 Å². The number of aromatic nitrogens is 4. The number of nitrogens with one attached hydrogen (secondary N) is 2. The molecular formula is C20H24N6O4. The number of nitrogens with zero attached hydrogens (tertiary/aromatic N) is 4. The number of hydrogen-bond acceptors (Lipinski definition) is 9. The molecular weight excluding hydrogens is 388 g/mol. The minimum absolute atomic E-state index is 0.214. The van der Waals surface area contributed by atoms with Crippen LogP contribution >= 0.6 is 0 Å². The topological polar surface area (TPSA) is 140 Å². The Morgan fingerprint density at radius 3 is 2.67 bits per heavy atom. The Kier molecular flexibility index (Phi) is 5.09. The van der Waals surface area contributed by atoms with Gasteiger partial charge in [0.15, 0.2) is 11.5 Å². The number of aliphatic hydroxyl groups is 3. The van der Waals surface area contributed by atoms with Crippen LogP contribution in [0.3, 0.4) is 0 Å². The zero-order valence-corrected chi connectivity index (χ0v) is 16.2. The highest BCUT2D eigenvalue weighted by Crippen LogP contribution is 2.36. The van der Waals surface area contributed by atoms with E-state index in [-0.39, 0.29) is 6.04 Å². The van der Waals surface area contributed by atoms with Gasteiger partial charge in [-0.05, 0) is 25.1 Å². The number of rotatable bonds is 5. The van der Waals surface area contributed by atoms with Gasteiger partial charge in [-0.2, -0.15) is 0 Å². The van der Waals surface area contributed by atoms with Crippen LogP contribution in [0.15, 0.2) is 36.7 Å². The third-order valence-corrected chi connectivity index (χ3v) is 5.76. The lowest BCUT2D eigenvalue weighted by atomic mass is 10.1. The van der Waals surface area contributed by atoms with Crippen LogP contribution in [0.5, 0.6) is 0 Å². The van der Waals surface area contributed by atoms with Gasteiger partial charge in [0.1, 0.15) is 42.1 Å². The summed E-state index contributed by atoms with van der Waals surface area (Å²) in [5.41, 5.74) is 2.08. The van der Waals surface area contributed by atoms with Crippen LogP contribution in [-0.2, 0) is 4.74 Å². The summed E-state index contributed by atoms with van der Waals surface area (Å²) in [6.45, 7) is 1.37. The minimum atomic E-state index is -1.21. The molecule has 2 aliphatic rings. The summed E-state index contributed by atoms with van der Waals surface area (Å²) in [4.78, 5) is 18.7. The molecule has 5 rings (SSSR count). The monoisotopic (exact) mass is 412 g/mol. The maximum atomic E-state index is 10.4. The van der Waals surface area contributed by atoms with Gasteiger partial charge < -0.3 is 35.3 Å². The maximum Gasteiger partial charge on any atom is 0.183 e. The predicted octanol–water partition coefficient (Wildman–Crippen LogP) is 0.00690. The fourth-order valence-electron chi connectivity index (χ4n) is 4.23. The van der Waals surface area contributed by atoms with Crippen LogP contribution in [0.1, 0.15) is 18.3 Å². The molecule has 30 heavy (non-hydrogen) atoms. The van der Waals surface area contributed by atoms with Crippen LogP contribution in [-0.4, -0.2) is 79.3 Å². The zero-order chi connectivity index (χ0) is 20.7. The highest BCUT2D eigenvalue weighted by atomic mass is 16.6. The molecule has 2 aromatic heterocycles. The second kappa shape index (κ2) is 7.89. The van der Waals surface area contributed by atoms with E-state index in [0.717, 1.165) is 25.2 Å². The van der Waals surface area contributed by atoms with Crippen molar-refractivity contribution in [2.45, 2.75) is 36.9 Å². The third-order valence-electron chi connectivity index (χ3n) is 5.76. The minimum Gasteiger partial charge on any atom is -0.394 e. The summed E-state index contributed by atoms with van der Waals surface area (Å²) in [6, 6.07) is 10.2. The van der Waals surface area contributed by atoms with E-state index in [0.29, 0.717) is 22.8 Å². The third kappa shape index (κ3) is 3.22. The standard InChI is InChI=1S/C20H24N6O4/c27-9-13-15(28)16(29)17(30-13)19-24-14-18(25-19)22-10-23-20(14)26(12-6-7-21-8-12)11-4-2-1-3-5-11/h1-5,10,12-13,15-17,21,27-29H,6-9H2,(H,22,23,24,25)/t12-,13+,15-,16-,17-/m0/s1. The van der Waals surface area contributed by atoms with Gasteiger partial charge in [-0.15, -0.1) is 0 Å². The number of aromatic amines is 1. The number of anilines is 2. The molecule has 2 saturated heterocycles. The van der Waals surface area contributed by atoms with Crippen LogP contribution < -0.4 is 10.2 Å². The lowest BCUT2D eigenvalue weighted by molar-refractivity contribution is -0.0249. The molecule has 0 spiro atoms. The van der Waals surface area contributed by atoms with E-state index >= 15 is 0 Å². The van der Waals surface area contributed by atoms with Crippen LogP contribution in [0.25, 0.3) is 11.2 Å². The van der Waals surface area contributed by atoms with Crippen molar-refractivity contribution in [1.29, 1.82) is 0 Å². The number of fused-ring (bicyclic) bond motifs is 1. The van der Waals surface area contributed by atoms with Gasteiger partial charge in [-0.25, -0.2) is 15.0 Å². The van der Waals surface area contributed by atoms with Crippen molar-refractivity contribution in [1.82, 2.24) is 25.3 Å². The van der Waals surface area contributed by atoms with Gasteiger partial charge in [-0.1, -0.05) is 18.2 Å². The van der Waals surface area contributed by atoms with Crippen molar-refractivity contribution in [2.75, 3.05) is 24.6 Å². The van der Waals surface area contributed by atoms with Crippen molar-refractivity contribution in [2.24, 2.45) is 0 Å². The average molecular weight is 412 g/mol. The first-order chi connectivity index (χ1) is 14.7. The molecule has 2 aliphatic heterocycles. The van der Waals surface area contributed by atoms with E-state index in [9.17, 15) is 15.3 Å².